The average Bonchev–Trinajstić information content (AvgIpc) is 3.29. The average molecular weight is 665 g/mol. The Morgan fingerprint density at radius 3 is 1.30 bits per heavy atom. The number of ketones is 4. The van der Waals surface area contributed by atoms with Crippen molar-refractivity contribution < 1.29 is 52.5 Å². The lowest BCUT2D eigenvalue weighted by Crippen LogP contribution is -2.20. The summed E-state index contributed by atoms with van der Waals surface area (Å²) in [6, 6.07) is 0. The number of esters is 2. The Morgan fingerprint density at radius 2 is 1.09 bits per heavy atom. The zero-order valence-corrected chi connectivity index (χ0v) is 29.7. The number of carbonyl (C=O) groups is 6. The molecule has 0 aromatic heterocycles. The molecular weight excluding hydrogens is 608 g/mol. The molecule has 0 aromatic carbocycles. The normalized spacial score (nSPS) is 20.4. The lowest BCUT2D eigenvalue weighted by atomic mass is 9.89. The third kappa shape index (κ3) is 24.8. The van der Waals surface area contributed by atoms with Gasteiger partial charge in [0.05, 0.1) is 52.6 Å². The summed E-state index contributed by atoms with van der Waals surface area (Å²) >= 11 is 0. The molecule has 0 N–H and O–H groups in total. The lowest BCUT2D eigenvalue weighted by Gasteiger charge is -2.21. The van der Waals surface area contributed by atoms with E-state index in [0.29, 0.717) is 48.2 Å². The van der Waals surface area contributed by atoms with E-state index >= 15 is 0 Å². The monoisotopic (exact) mass is 664 g/mol. The predicted molar refractivity (Wildman–Crippen MR) is 179 cm³/mol. The van der Waals surface area contributed by atoms with Crippen LogP contribution >= 0.6 is 0 Å². The van der Waals surface area contributed by atoms with Crippen LogP contribution in [0.5, 0.6) is 0 Å². The van der Waals surface area contributed by atoms with Crippen LogP contribution in [-0.2, 0) is 52.5 Å². The Morgan fingerprint density at radius 1 is 0.660 bits per heavy atom. The van der Waals surface area contributed by atoms with Crippen molar-refractivity contribution >= 4 is 35.1 Å². The summed E-state index contributed by atoms with van der Waals surface area (Å²) in [5.74, 6) is 2.70. The molecule has 2 aliphatic heterocycles. The van der Waals surface area contributed by atoms with Gasteiger partial charge in [-0.3, -0.25) is 19.2 Å². The first-order chi connectivity index (χ1) is 21.8. The maximum atomic E-state index is 10.7. The summed E-state index contributed by atoms with van der Waals surface area (Å²) in [6.45, 7) is 27.5. The third-order valence-electron chi connectivity index (χ3n) is 6.61. The van der Waals surface area contributed by atoms with Crippen molar-refractivity contribution in [1.29, 1.82) is 0 Å². The second kappa shape index (κ2) is 25.1. The fraction of sp³-hybridized carbons (Fsp3) is 0.611. The molecule has 2 unspecified atom stereocenters. The first-order valence-corrected chi connectivity index (χ1v) is 15.6. The van der Waals surface area contributed by atoms with Gasteiger partial charge < -0.3 is 23.7 Å². The van der Waals surface area contributed by atoms with Crippen LogP contribution in [0, 0.1) is 23.7 Å². The fourth-order valence-electron chi connectivity index (χ4n) is 3.84. The molecular formula is C36H56O11. The van der Waals surface area contributed by atoms with Crippen molar-refractivity contribution in [1.82, 2.24) is 0 Å². The van der Waals surface area contributed by atoms with Gasteiger partial charge in [-0.1, -0.05) is 47.4 Å². The Labute approximate surface area is 280 Å². The molecule has 266 valence electrons. The highest BCUT2D eigenvalue weighted by Crippen LogP contribution is 2.19. The highest BCUT2D eigenvalue weighted by Gasteiger charge is 2.26. The quantitative estimate of drug-likeness (QED) is 0.193. The molecule has 2 saturated heterocycles. The second-order valence-corrected chi connectivity index (χ2v) is 12.2. The molecule has 4 fully saturated rings. The largest absolute Gasteiger partial charge is 0.498 e. The molecule has 0 spiro atoms. The maximum absolute atomic E-state index is 10.7. The minimum atomic E-state index is -0.347. The van der Waals surface area contributed by atoms with E-state index < -0.39 is 0 Å². The predicted octanol–water partition coefficient (Wildman–Crippen LogP) is 6.06. The molecule has 11 heteroatoms. The molecule has 2 atom stereocenters. The summed E-state index contributed by atoms with van der Waals surface area (Å²) in [7, 11) is 2.66. The van der Waals surface area contributed by atoms with Gasteiger partial charge >= 0.3 is 11.9 Å². The summed E-state index contributed by atoms with van der Waals surface area (Å²) in [4.78, 5) is 62.7. The molecule has 2 aliphatic carbocycles. The maximum Gasteiger partial charge on any atom is 0.332 e. The van der Waals surface area contributed by atoms with Crippen molar-refractivity contribution in [2.45, 2.75) is 86.5 Å². The zero-order valence-electron chi connectivity index (χ0n) is 29.7. The van der Waals surface area contributed by atoms with E-state index in [1.165, 1.54) is 20.6 Å². The van der Waals surface area contributed by atoms with E-state index in [9.17, 15) is 28.8 Å². The molecule has 11 nitrogen and oxygen atoms in total. The SMILES string of the molecule is C=C(C)C(=O)OC.C=C(C)C(=O)OC.C=C1CCC(C)CO1.C=C1OCC(C)CO1.CC1CC(=O)CC(=O)C1.CC1CC(=O)CC1=O. The molecule has 2 saturated carbocycles. The number of Topliss-reactive ketones (excluding diaryl/α,β-unsaturated/α-hetero) is 4. The van der Waals surface area contributed by atoms with Crippen LogP contribution < -0.4 is 0 Å². The topological polar surface area (TPSA) is 149 Å². The van der Waals surface area contributed by atoms with E-state index in [0.717, 1.165) is 37.9 Å². The zero-order chi connectivity index (χ0) is 36.7. The van der Waals surface area contributed by atoms with Gasteiger partial charge in [0.15, 0.2) is 0 Å². The summed E-state index contributed by atoms with van der Waals surface area (Å²) in [5.41, 5.74) is 0.866. The van der Waals surface area contributed by atoms with Gasteiger partial charge in [0.2, 0.25) is 0 Å². The van der Waals surface area contributed by atoms with Crippen molar-refractivity contribution in [2.24, 2.45) is 23.7 Å². The van der Waals surface area contributed by atoms with Gasteiger partial charge in [-0.05, 0) is 38.7 Å². The smallest absolute Gasteiger partial charge is 0.332 e. The second-order valence-electron chi connectivity index (χ2n) is 12.2. The number of ether oxygens (including phenoxy) is 5. The minimum Gasteiger partial charge on any atom is -0.498 e. The van der Waals surface area contributed by atoms with Crippen molar-refractivity contribution in [3.05, 3.63) is 49.2 Å². The first-order valence-electron chi connectivity index (χ1n) is 15.6. The first kappa shape index (κ1) is 45.1. The molecule has 0 amide bonds. The van der Waals surface area contributed by atoms with Crippen molar-refractivity contribution in [3.8, 4) is 0 Å². The van der Waals surface area contributed by atoms with E-state index in [-0.39, 0.29) is 53.8 Å². The molecule has 0 bridgehead atoms. The van der Waals surface area contributed by atoms with Crippen LogP contribution in [0.15, 0.2) is 49.2 Å². The van der Waals surface area contributed by atoms with Crippen LogP contribution in [0.1, 0.15) is 86.5 Å². The van der Waals surface area contributed by atoms with Crippen LogP contribution in [0.25, 0.3) is 0 Å². The summed E-state index contributed by atoms with van der Waals surface area (Å²) in [6.07, 6.45) is 4.35. The minimum absolute atomic E-state index is 0.00231. The van der Waals surface area contributed by atoms with Gasteiger partial charge in [-0.2, -0.15) is 0 Å². The van der Waals surface area contributed by atoms with Crippen molar-refractivity contribution in [2.75, 3.05) is 34.0 Å². The molecule has 47 heavy (non-hydrogen) atoms. The highest BCUT2D eigenvalue weighted by atomic mass is 16.7. The summed E-state index contributed by atoms with van der Waals surface area (Å²) in [5, 5.41) is 0. The number of allylic oxidation sites excluding steroid dienone is 1. The van der Waals surface area contributed by atoms with Crippen LogP contribution in [-0.4, -0.2) is 69.1 Å². The Bertz CT molecular complexity index is 1030. The van der Waals surface area contributed by atoms with E-state index in [2.05, 4.69) is 49.6 Å². The van der Waals surface area contributed by atoms with Gasteiger partial charge in [0, 0.05) is 48.7 Å². The van der Waals surface area contributed by atoms with Crippen LogP contribution in [0.4, 0.5) is 0 Å². The van der Waals surface area contributed by atoms with E-state index in [4.69, 9.17) is 14.2 Å². The number of methoxy groups -OCH3 is 2. The number of hydrogen-bond acceptors (Lipinski definition) is 11. The van der Waals surface area contributed by atoms with Crippen molar-refractivity contribution in [3.63, 3.8) is 0 Å². The van der Waals surface area contributed by atoms with E-state index in [1.54, 1.807) is 20.8 Å². The molecule has 0 radical (unpaired) electrons. The molecule has 2 heterocycles. The lowest BCUT2D eigenvalue weighted by molar-refractivity contribution is -0.136. The Kier molecular flexibility index (Phi) is 24.1. The molecule has 0 aromatic rings. The van der Waals surface area contributed by atoms with Gasteiger partial charge in [0.25, 0.3) is 5.95 Å². The highest BCUT2D eigenvalue weighted by molar-refractivity contribution is 6.06. The van der Waals surface area contributed by atoms with Gasteiger partial charge in [-0.15, -0.1) is 0 Å². The van der Waals surface area contributed by atoms with Crippen LogP contribution in [0.2, 0.25) is 0 Å². The fourth-order valence-corrected chi connectivity index (χ4v) is 3.84. The number of hydrogen-bond donors (Lipinski definition) is 0. The van der Waals surface area contributed by atoms with Gasteiger partial charge in [0.1, 0.15) is 23.1 Å². The Hall–Kier alpha value is -4.02. The standard InChI is InChI=1S/C7H10O2.C7H12O.C6H10O2.C6H8O2.2C5H8O2/c1-5-2-6(8)4-7(9)3-5;1-6-3-4-7(2)8-5-6;1-5-3-7-6(2)8-4-5;1-4-2-5(7)3-6(4)8;2*1-4(2)5(6)7-3/h5H,2-4H2,1H3;6H,2-5H2,1H3;5H,2-4H2,1H3;4H,2-3H2,1H3;2*1H2,2-3H3. The number of rotatable bonds is 2. The third-order valence-corrected chi connectivity index (χ3v) is 6.61. The summed E-state index contributed by atoms with van der Waals surface area (Å²) < 4.78 is 23.7. The number of carbonyl (C=O) groups excluding carboxylic acids is 6. The van der Waals surface area contributed by atoms with E-state index in [1.807, 2.05) is 6.92 Å². The molecule has 4 rings (SSSR count). The van der Waals surface area contributed by atoms with Crippen LogP contribution in [0.3, 0.4) is 0 Å². The molecule has 4 aliphatic rings. The Balaban J connectivity index is 0. The van der Waals surface area contributed by atoms with Gasteiger partial charge in [-0.25, -0.2) is 9.59 Å².